The summed E-state index contributed by atoms with van der Waals surface area (Å²) in [6.45, 7) is 12.2. The van der Waals surface area contributed by atoms with E-state index in [0.29, 0.717) is 11.8 Å². The summed E-state index contributed by atoms with van der Waals surface area (Å²) in [5.41, 5.74) is 1.34. The van der Waals surface area contributed by atoms with E-state index in [0.717, 1.165) is 55.3 Å². The molecular formula is C24H37N3O4SSi. The molecule has 9 heteroatoms. The van der Waals surface area contributed by atoms with Crippen LogP contribution in [0.25, 0.3) is 10.2 Å². The minimum Gasteiger partial charge on any atom is -0.474 e. The van der Waals surface area contributed by atoms with Crippen LogP contribution < -0.4 is 4.74 Å². The summed E-state index contributed by atoms with van der Waals surface area (Å²) in [6, 6.07) is 0.0648. The molecule has 0 radical (unpaired) electrons. The number of aryl methyl sites for hydroxylation is 1. The third kappa shape index (κ3) is 4.91. The molecule has 1 amide bonds. The number of ether oxygens (including phenoxy) is 1. The maximum atomic E-state index is 11.3. The molecule has 1 fully saturated rings. The highest BCUT2D eigenvalue weighted by Gasteiger charge is 2.39. The zero-order valence-corrected chi connectivity index (χ0v) is 22.5. The van der Waals surface area contributed by atoms with Crippen LogP contribution in [0.3, 0.4) is 0 Å². The van der Waals surface area contributed by atoms with E-state index in [4.69, 9.17) is 9.16 Å². The molecule has 182 valence electrons. The standard InChI is InChI=1S/C24H37N3O4SSi/c1-24(2,3)33(5,6)30-13-15-7-12-18-19(15)20-21(25-14-26-22(20)32-18)31-17-10-8-16(9-11-17)27(4)23(28)29/h14-17H,7-13H2,1-6H3,(H,28,29)/t15-,16?,17?/m1/s1. The lowest BCUT2D eigenvalue weighted by Gasteiger charge is -2.37. The van der Waals surface area contributed by atoms with Crippen molar-refractivity contribution in [1.82, 2.24) is 14.9 Å². The van der Waals surface area contributed by atoms with Crippen LogP contribution in [0.2, 0.25) is 18.1 Å². The average Bonchev–Trinajstić information content (AvgIpc) is 3.31. The quantitative estimate of drug-likeness (QED) is 0.496. The Morgan fingerprint density at radius 3 is 2.55 bits per heavy atom. The Morgan fingerprint density at radius 1 is 1.21 bits per heavy atom. The van der Waals surface area contributed by atoms with Crippen molar-refractivity contribution >= 4 is 36.0 Å². The van der Waals surface area contributed by atoms with Crippen LogP contribution in [0, 0.1) is 0 Å². The van der Waals surface area contributed by atoms with Crippen molar-refractivity contribution in [2.75, 3.05) is 13.7 Å². The Labute approximate surface area is 201 Å². The summed E-state index contributed by atoms with van der Waals surface area (Å²) >= 11 is 1.77. The second-order valence-electron chi connectivity index (χ2n) is 11.0. The number of thiophene rings is 1. The van der Waals surface area contributed by atoms with Gasteiger partial charge in [-0.15, -0.1) is 11.3 Å². The summed E-state index contributed by atoms with van der Waals surface area (Å²) < 4.78 is 13.1. The lowest BCUT2D eigenvalue weighted by Crippen LogP contribution is -2.41. The van der Waals surface area contributed by atoms with Crippen molar-refractivity contribution in [1.29, 1.82) is 0 Å². The first-order valence-corrected chi connectivity index (χ1v) is 15.7. The second-order valence-corrected chi connectivity index (χ2v) is 16.9. The molecule has 4 rings (SSSR count). The Bertz CT molecular complexity index is 1010. The molecule has 0 saturated heterocycles. The number of carboxylic acid groups (broad SMARTS) is 1. The molecule has 0 bridgehead atoms. The van der Waals surface area contributed by atoms with E-state index in [2.05, 4.69) is 43.8 Å². The minimum absolute atomic E-state index is 0.0560. The predicted molar refractivity (Wildman–Crippen MR) is 134 cm³/mol. The molecule has 0 spiro atoms. The van der Waals surface area contributed by atoms with E-state index < -0.39 is 14.4 Å². The number of hydrogen-bond donors (Lipinski definition) is 1. The number of rotatable bonds is 6. The van der Waals surface area contributed by atoms with Gasteiger partial charge in [-0.05, 0) is 62.2 Å². The smallest absolute Gasteiger partial charge is 0.407 e. The molecule has 0 aliphatic heterocycles. The van der Waals surface area contributed by atoms with Crippen LogP contribution in [0.1, 0.15) is 69.2 Å². The van der Waals surface area contributed by atoms with Gasteiger partial charge in [0.1, 0.15) is 17.3 Å². The van der Waals surface area contributed by atoms with Crippen molar-refractivity contribution in [2.45, 2.75) is 95.5 Å². The number of fused-ring (bicyclic) bond motifs is 3. The highest BCUT2D eigenvalue weighted by Crippen LogP contribution is 2.47. The van der Waals surface area contributed by atoms with Gasteiger partial charge in [-0.1, -0.05) is 20.8 Å². The lowest BCUT2D eigenvalue weighted by molar-refractivity contribution is 0.0891. The maximum absolute atomic E-state index is 11.3. The van der Waals surface area contributed by atoms with Crippen LogP contribution in [0.15, 0.2) is 6.33 Å². The molecule has 2 aromatic rings. The molecular weight excluding hydrogens is 454 g/mol. The number of nitrogens with zero attached hydrogens (tertiary/aromatic N) is 3. The molecule has 7 nitrogen and oxygen atoms in total. The molecule has 2 aromatic heterocycles. The fraction of sp³-hybridized carbons (Fsp3) is 0.708. The van der Waals surface area contributed by atoms with Gasteiger partial charge in [-0.2, -0.15) is 0 Å². The molecule has 2 aliphatic carbocycles. The Kier molecular flexibility index (Phi) is 6.77. The van der Waals surface area contributed by atoms with Gasteiger partial charge in [-0.3, -0.25) is 0 Å². The minimum atomic E-state index is -1.82. The fourth-order valence-corrected chi connectivity index (χ4v) is 6.97. The van der Waals surface area contributed by atoms with Gasteiger partial charge in [0.15, 0.2) is 8.32 Å². The molecule has 2 aliphatic rings. The van der Waals surface area contributed by atoms with Crippen LogP contribution in [0.5, 0.6) is 5.88 Å². The first-order chi connectivity index (χ1) is 15.5. The lowest BCUT2D eigenvalue weighted by atomic mass is 9.92. The molecule has 1 N–H and O–H groups in total. The summed E-state index contributed by atoms with van der Waals surface area (Å²) in [7, 11) is -0.163. The monoisotopic (exact) mass is 491 g/mol. The van der Waals surface area contributed by atoms with Gasteiger partial charge in [-0.25, -0.2) is 14.8 Å². The maximum Gasteiger partial charge on any atom is 0.407 e. The summed E-state index contributed by atoms with van der Waals surface area (Å²) in [4.78, 5) is 24.2. The van der Waals surface area contributed by atoms with E-state index in [1.54, 1.807) is 24.7 Å². The molecule has 0 unspecified atom stereocenters. The fourth-order valence-electron chi connectivity index (χ4n) is 4.69. The van der Waals surface area contributed by atoms with E-state index in [1.165, 1.54) is 15.3 Å². The van der Waals surface area contributed by atoms with Gasteiger partial charge >= 0.3 is 6.09 Å². The summed E-state index contributed by atoms with van der Waals surface area (Å²) in [5.74, 6) is 1.04. The first-order valence-electron chi connectivity index (χ1n) is 12.0. The van der Waals surface area contributed by atoms with Crippen molar-refractivity contribution in [2.24, 2.45) is 0 Å². The zero-order chi connectivity index (χ0) is 24.0. The molecule has 0 aromatic carbocycles. The zero-order valence-electron chi connectivity index (χ0n) is 20.7. The van der Waals surface area contributed by atoms with Crippen LogP contribution in [-0.2, 0) is 10.8 Å². The average molecular weight is 492 g/mol. The highest BCUT2D eigenvalue weighted by molar-refractivity contribution is 7.19. The van der Waals surface area contributed by atoms with E-state index in [-0.39, 0.29) is 17.2 Å². The van der Waals surface area contributed by atoms with E-state index in [1.807, 2.05) is 0 Å². The normalized spacial score (nSPS) is 23.5. The third-order valence-corrected chi connectivity index (χ3v) is 13.6. The van der Waals surface area contributed by atoms with Crippen LogP contribution in [-0.4, -0.2) is 60.2 Å². The van der Waals surface area contributed by atoms with Gasteiger partial charge in [0.25, 0.3) is 0 Å². The molecule has 2 heterocycles. The number of carbonyl (C=O) groups is 1. The van der Waals surface area contributed by atoms with Crippen LogP contribution in [0.4, 0.5) is 4.79 Å². The SMILES string of the molecule is CN(C(=O)O)C1CCC(Oc2ncnc3sc4c(c23)[C@@H](CO[Si](C)(C)C(C)(C)C)CC4)CC1. The second kappa shape index (κ2) is 9.15. The molecule has 1 saturated carbocycles. The highest BCUT2D eigenvalue weighted by atomic mass is 32.1. The van der Waals surface area contributed by atoms with E-state index >= 15 is 0 Å². The summed E-state index contributed by atoms with van der Waals surface area (Å²) in [6.07, 6.45) is 6.25. The van der Waals surface area contributed by atoms with Gasteiger partial charge in [0.2, 0.25) is 5.88 Å². The molecule has 33 heavy (non-hydrogen) atoms. The van der Waals surface area contributed by atoms with Crippen molar-refractivity contribution in [3.8, 4) is 5.88 Å². The Balaban J connectivity index is 1.51. The van der Waals surface area contributed by atoms with Crippen LogP contribution >= 0.6 is 11.3 Å². The topological polar surface area (TPSA) is 84.8 Å². The Hall–Kier alpha value is -1.71. The number of hydrogen-bond acceptors (Lipinski definition) is 6. The van der Waals surface area contributed by atoms with Crippen molar-refractivity contribution < 1.29 is 19.1 Å². The van der Waals surface area contributed by atoms with Gasteiger partial charge in [0.05, 0.1) is 5.39 Å². The predicted octanol–water partition coefficient (Wildman–Crippen LogP) is 6.04. The van der Waals surface area contributed by atoms with Gasteiger partial charge in [0, 0.05) is 30.5 Å². The summed E-state index contributed by atoms with van der Waals surface area (Å²) in [5, 5.41) is 10.5. The number of aromatic nitrogens is 2. The van der Waals surface area contributed by atoms with E-state index in [9.17, 15) is 9.90 Å². The first kappa shape index (κ1) is 24.4. The number of amides is 1. The van der Waals surface area contributed by atoms with Gasteiger partial charge < -0.3 is 19.2 Å². The van der Waals surface area contributed by atoms with Crippen molar-refractivity contribution in [3.05, 3.63) is 16.8 Å². The molecule has 1 atom stereocenters. The Morgan fingerprint density at radius 2 is 1.91 bits per heavy atom. The van der Waals surface area contributed by atoms with Crippen molar-refractivity contribution in [3.63, 3.8) is 0 Å². The largest absolute Gasteiger partial charge is 0.474 e. The third-order valence-electron chi connectivity index (χ3n) is 7.92.